The van der Waals surface area contributed by atoms with Gasteiger partial charge in [-0.1, -0.05) is 92.5 Å². The lowest BCUT2D eigenvalue weighted by Crippen LogP contribution is -2.30. The minimum Gasteiger partial charge on any atom is -0.352 e. The molecule has 0 spiro atoms. The molecule has 6 nitrogen and oxygen atoms in total. The van der Waals surface area contributed by atoms with Crippen molar-refractivity contribution in [2.75, 3.05) is 13.1 Å². The fourth-order valence-corrected chi connectivity index (χ4v) is 5.80. The molecule has 212 valence electrons. The number of amides is 2. The molecular formula is C35H26Br2N4O2. The molecule has 4 aromatic carbocycles. The molecule has 0 aliphatic carbocycles. The van der Waals surface area contributed by atoms with E-state index >= 15 is 0 Å². The maximum absolute atomic E-state index is 13.3. The van der Waals surface area contributed by atoms with Gasteiger partial charge in [0.2, 0.25) is 0 Å². The van der Waals surface area contributed by atoms with Crippen molar-refractivity contribution >= 4 is 65.5 Å². The van der Waals surface area contributed by atoms with Gasteiger partial charge in [0, 0.05) is 43.9 Å². The summed E-state index contributed by atoms with van der Waals surface area (Å²) in [7, 11) is 0. The predicted molar refractivity (Wildman–Crippen MR) is 179 cm³/mol. The van der Waals surface area contributed by atoms with Gasteiger partial charge in [0.05, 0.1) is 33.5 Å². The largest absolute Gasteiger partial charge is 0.352 e. The van der Waals surface area contributed by atoms with Gasteiger partial charge >= 0.3 is 0 Å². The molecule has 2 N–H and O–H groups in total. The van der Waals surface area contributed by atoms with Crippen molar-refractivity contribution in [3.8, 4) is 22.5 Å². The van der Waals surface area contributed by atoms with Crippen LogP contribution in [0.5, 0.6) is 0 Å². The average molecular weight is 694 g/mol. The first-order valence-corrected chi connectivity index (χ1v) is 15.4. The molecule has 2 heterocycles. The fraction of sp³-hybridized carbons (Fsp3) is 0.0857. The van der Waals surface area contributed by atoms with E-state index in [9.17, 15) is 9.59 Å². The van der Waals surface area contributed by atoms with E-state index in [1.807, 2.05) is 109 Å². The highest BCUT2D eigenvalue weighted by molar-refractivity contribution is 9.10. The third-order valence-electron chi connectivity index (χ3n) is 7.09. The summed E-state index contributed by atoms with van der Waals surface area (Å²) in [4.78, 5) is 36.2. The number of carbonyl (C=O) groups excluding carboxylic acids is 2. The Hall–Kier alpha value is -4.40. The van der Waals surface area contributed by atoms with E-state index < -0.39 is 0 Å². The minimum atomic E-state index is -0.181. The van der Waals surface area contributed by atoms with E-state index in [0.29, 0.717) is 30.6 Å². The van der Waals surface area contributed by atoms with E-state index in [2.05, 4.69) is 42.5 Å². The third-order valence-corrected chi connectivity index (χ3v) is 8.07. The Kier molecular flexibility index (Phi) is 8.58. The molecule has 6 aromatic rings. The van der Waals surface area contributed by atoms with Crippen LogP contribution in [0.1, 0.15) is 27.1 Å². The number of carbonyl (C=O) groups is 2. The Morgan fingerprint density at radius 1 is 0.558 bits per heavy atom. The van der Waals surface area contributed by atoms with Crippen molar-refractivity contribution in [2.24, 2.45) is 0 Å². The second kappa shape index (κ2) is 12.9. The summed E-state index contributed by atoms with van der Waals surface area (Å²) in [5.41, 5.74) is 5.93. The highest BCUT2D eigenvalue weighted by Gasteiger charge is 2.16. The lowest BCUT2D eigenvalue weighted by Gasteiger charge is -2.12. The summed E-state index contributed by atoms with van der Waals surface area (Å²) in [5.74, 6) is -0.361. The van der Waals surface area contributed by atoms with Crippen molar-refractivity contribution in [1.82, 2.24) is 20.6 Å². The maximum atomic E-state index is 13.3. The molecule has 0 bridgehead atoms. The number of fused-ring (bicyclic) bond motifs is 2. The van der Waals surface area contributed by atoms with E-state index in [4.69, 9.17) is 9.97 Å². The first-order chi connectivity index (χ1) is 21.0. The number of rotatable bonds is 8. The van der Waals surface area contributed by atoms with Gasteiger partial charge in [-0.2, -0.15) is 0 Å². The molecule has 0 atom stereocenters. The van der Waals surface area contributed by atoms with E-state index in [1.165, 1.54) is 0 Å². The van der Waals surface area contributed by atoms with Crippen molar-refractivity contribution in [3.05, 3.63) is 129 Å². The van der Waals surface area contributed by atoms with Crippen LogP contribution in [-0.4, -0.2) is 34.9 Å². The molecule has 6 rings (SSSR count). The Morgan fingerprint density at radius 3 is 1.44 bits per heavy atom. The van der Waals surface area contributed by atoms with Gasteiger partial charge in [-0.25, -0.2) is 9.97 Å². The molecular weight excluding hydrogens is 668 g/mol. The van der Waals surface area contributed by atoms with E-state index in [1.54, 1.807) is 0 Å². The van der Waals surface area contributed by atoms with Gasteiger partial charge in [-0.3, -0.25) is 9.59 Å². The van der Waals surface area contributed by atoms with Crippen LogP contribution >= 0.6 is 31.9 Å². The van der Waals surface area contributed by atoms with E-state index in [-0.39, 0.29) is 11.8 Å². The van der Waals surface area contributed by atoms with Gasteiger partial charge in [-0.05, 0) is 55.0 Å². The minimum absolute atomic E-state index is 0.181. The van der Waals surface area contributed by atoms with Crippen LogP contribution in [0.3, 0.4) is 0 Å². The maximum Gasteiger partial charge on any atom is 0.252 e. The third kappa shape index (κ3) is 6.50. The van der Waals surface area contributed by atoms with E-state index in [0.717, 1.165) is 53.3 Å². The van der Waals surface area contributed by atoms with Crippen LogP contribution in [0.2, 0.25) is 0 Å². The smallest absolute Gasteiger partial charge is 0.252 e. The summed E-state index contributed by atoms with van der Waals surface area (Å²) in [6.07, 6.45) is 0.570. The number of hydrogen-bond acceptors (Lipinski definition) is 4. The van der Waals surface area contributed by atoms with Gasteiger partial charge in [0.1, 0.15) is 0 Å². The van der Waals surface area contributed by atoms with Crippen molar-refractivity contribution < 1.29 is 9.59 Å². The zero-order chi connectivity index (χ0) is 29.8. The van der Waals surface area contributed by atoms with Gasteiger partial charge < -0.3 is 10.6 Å². The molecule has 0 aliphatic heterocycles. The number of para-hydroxylation sites is 2. The molecule has 0 radical (unpaired) electrons. The molecule has 2 amide bonds. The Labute approximate surface area is 265 Å². The standard InChI is InChI=1S/C35H26Br2N4O2/c36-24-10-5-8-22(18-24)32-20-28(26-12-1-3-14-30(26)40-32)34(42)38-16-7-17-39-35(43)29-21-33(23-9-6-11-25(37)19-23)41-31-15-4-2-13-27(29)31/h1-6,8-15,18-21H,7,16-17H2,(H,38,42)(H,39,43). The highest BCUT2D eigenvalue weighted by atomic mass is 79.9. The van der Waals surface area contributed by atoms with Crippen LogP contribution in [0, 0.1) is 0 Å². The van der Waals surface area contributed by atoms with Crippen LogP contribution in [0.4, 0.5) is 0 Å². The lowest BCUT2D eigenvalue weighted by molar-refractivity contribution is 0.0953. The molecule has 0 fully saturated rings. The molecule has 0 saturated heterocycles. The van der Waals surface area contributed by atoms with Gasteiger partial charge in [0.25, 0.3) is 11.8 Å². The van der Waals surface area contributed by atoms with Crippen LogP contribution in [-0.2, 0) is 0 Å². The fourth-order valence-electron chi connectivity index (χ4n) is 5.00. The van der Waals surface area contributed by atoms with Crippen LogP contribution < -0.4 is 10.6 Å². The average Bonchev–Trinajstić information content (AvgIpc) is 3.03. The summed E-state index contributed by atoms with van der Waals surface area (Å²) in [6.45, 7) is 0.810. The molecule has 43 heavy (non-hydrogen) atoms. The zero-order valence-electron chi connectivity index (χ0n) is 23.0. The Bertz CT molecular complexity index is 1850. The van der Waals surface area contributed by atoms with Gasteiger partial charge in [-0.15, -0.1) is 0 Å². The number of pyridine rings is 2. The zero-order valence-corrected chi connectivity index (χ0v) is 26.2. The Morgan fingerprint density at radius 2 is 1.00 bits per heavy atom. The van der Waals surface area contributed by atoms with Crippen molar-refractivity contribution in [2.45, 2.75) is 6.42 Å². The van der Waals surface area contributed by atoms with Crippen molar-refractivity contribution in [3.63, 3.8) is 0 Å². The number of nitrogens with zero attached hydrogens (tertiary/aromatic N) is 2. The summed E-state index contributed by atoms with van der Waals surface area (Å²) >= 11 is 7.03. The van der Waals surface area contributed by atoms with Crippen LogP contribution in [0.15, 0.2) is 118 Å². The number of hydrogen-bond donors (Lipinski definition) is 2. The highest BCUT2D eigenvalue weighted by Crippen LogP contribution is 2.28. The summed E-state index contributed by atoms with van der Waals surface area (Å²) in [5, 5.41) is 7.62. The van der Waals surface area contributed by atoms with Crippen molar-refractivity contribution in [1.29, 1.82) is 0 Å². The number of aromatic nitrogens is 2. The predicted octanol–water partition coefficient (Wildman–Crippen LogP) is 8.19. The summed E-state index contributed by atoms with van der Waals surface area (Å²) < 4.78 is 1.88. The monoisotopic (exact) mass is 692 g/mol. The summed E-state index contributed by atoms with van der Waals surface area (Å²) in [6, 6.07) is 34.6. The number of nitrogens with one attached hydrogen (secondary N) is 2. The SMILES string of the molecule is O=C(NCCCNC(=O)c1cc(-c2cccc(Br)c2)nc2ccccc12)c1cc(-c2cccc(Br)c2)nc2ccccc12. The second-order valence-electron chi connectivity index (χ2n) is 10.0. The Balaban J connectivity index is 1.14. The normalized spacial score (nSPS) is 11.0. The molecule has 8 heteroatoms. The quantitative estimate of drug-likeness (QED) is 0.158. The van der Waals surface area contributed by atoms with Crippen LogP contribution in [0.25, 0.3) is 44.3 Å². The molecule has 0 unspecified atom stereocenters. The molecule has 0 aliphatic rings. The number of halogens is 2. The molecule has 0 saturated carbocycles. The molecule has 2 aromatic heterocycles. The lowest BCUT2D eigenvalue weighted by atomic mass is 10.0. The first-order valence-electron chi connectivity index (χ1n) is 13.8. The topological polar surface area (TPSA) is 84.0 Å². The second-order valence-corrected chi connectivity index (χ2v) is 11.9. The van der Waals surface area contributed by atoms with Gasteiger partial charge in [0.15, 0.2) is 0 Å². The number of benzene rings is 4. The first kappa shape index (κ1) is 28.7.